The molecule has 0 spiro atoms. The number of likely N-dealkylation sites (tertiary alicyclic amines) is 1. The number of amides is 1. The molecule has 1 aliphatic heterocycles. The van der Waals surface area contributed by atoms with Crippen molar-refractivity contribution in [2.75, 3.05) is 24.6 Å². The maximum atomic E-state index is 11.8. The highest BCUT2D eigenvalue weighted by Gasteiger charge is 2.19. The topological polar surface area (TPSA) is 46.3 Å². The summed E-state index contributed by atoms with van der Waals surface area (Å²) in [5.41, 5.74) is 5.81. The van der Waals surface area contributed by atoms with Gasteiger partial charge in [-0.05, 0) is 25.2 Å². The highest BCUT2D eigenvalue weighted by molar-refractivity contribution is 7.99. The van der Waals surface area contributed by atoms with Crippen molar-refractivity contribution in [2.24, 2.45) is 11.7 Å². The third-order valence-corrected chi connectivity index (χ3v) is 4.33. The fourth-order valence-electron chi connectivity index (χ4n) is 1.76. The Morgan fingerprint density at radius 3 is 2.69 bits per heavy atom. The zero-order chi connectivity index (χ0) is 12.0. The van der Waals surface area contributed by atoms with Crippen LogP contribution in [0.1, 0.15) is 33.1 Å². The molecule has 0 aromatic rings. The predicted octanol–water partition coefficient (Wildman–Crippen LogP) is 1.72. The monoisotopic (exact) mass is 244 g/mol. The van der Waals surface area contributed by atoms with Crippen LogP contribution in [0.2, 0.25) is 0 Å². The van der Waals surface area contributed by atoms with Crippen molar-refractivity contribution < 1.29 is 4.79 Å². The van der Waals surface area contributed by atoms with Crippen molar-refractivity contribution in [3.05, 3.63) is 0 Å². The van der Waals surface area contributed by atoms with Gasteiger partial charge in [-0.3, -0.25) is 4.79 Å². The SMILES string of the molecule is CCC(N)CSCC(=O)N1CCC(C)CC1. The number of hydrogen-bond donors (Lipinski definition) is 1. The molecule has 0 aliphatic carbocycles. The first kappa shape index (κ1) is 13.8. The Kier molecular flexibility index (Phi) is 6.21. The van der Waals surface area contributed by atoms with Crippen LogP contribution in [0.25, 0.3) is 0 Å². The molecule has 1 rings (SSSR count). The van der Waals surface area contributed by atoms with E-state index >= 15 is 0 Å². The number of rotatable bonds is 5. The van der Waals surface area contributed by atoms with Crippen LogP contribution in [-0.4, -0.2) is 41.4 Å². The van der Waals surface area contributed by atoms with Crippen LogP contribution in [0.15, 0.2) is 0 Å². The number of carbonyl (C=O) groups is 1. The molecule has 0 radical (unpaired) electrons. The van der Waals surface area contributed by atoms with Crippen LogP contribution >= 0.6 is 11.8 Å². The Hall–Kier alpha value is -0.220. The Morgan fingerprint density at radius 2 is 2.12 bits per heavy atom. The maximum absolute atomic E-state index is 11.8. The second-order valence-corrected chi connectivity index (χ2v) is 5.78. The molecule has 94 valence electrons. The average molecular weight is 244 g/mol. The van der Waals surface area contributed by atoms with Crippen molar-refractivity contribution in [2.45, 2.75) is 39.2 Å². The minimum absolute atomic E-state index is 0.235. The third-order valence-electron chi connectivity index (χ3n) is 3.22. The van der Waals surface area contributed by atoms with E-state index in [0.717, 1.165) is 44.0 Å². The second kappa shape index (κ2) is 7.17. The fraction of sp³-hybridized carbons (Fsp3) is 0.917. The molecular formula is C12H24N2OS. The lowest BCUT2D eigenvalue weighted by Gasteiger charge is -2.30. The van der Waals surface area contributed by atoms with Gasteiger partial charge in [-0.2, -0.15) is 11.8 Å². The van der Waals surface area contributed by atoms with E-state index in [1.165, 1.54) is 0 Å². The summed E-state index contributed by atoms with van der Waals surface area (Å²) in [7, 11) is 0. The zero-order valence-corrected chi connectivity index (χ0v) is 11.3. The molecule has 1 atom stereocenters. The molecule has 0 saturated carbocycles. The molecular weight excluding hydrogens is 220 g/mol. The van der Waals surface area contributed by atoms with Gasteiger partial charge in [0.15, 0.2) is 0 Å². The lowest BCUT2D eigenvalue weighted by atomic mass is 9.99. The molecule has 1 fully saturated rings. The summed E-state index contributed by atoms with van der Waals surface area (Å²) in [6.07, 6.45) is 3.30. The minimum atomic E-state index is 0.235. The number of nitrogens with zero attached hydrogens (tertiary/aromatic N) is 1. The van der Waals surface area contributed by atoms with E-state index in [1.54, 1.807) is 11.8 Å². The van der Waals surface area contributed by atoms with Gasteiger partial charge >= 0.3 is 0 Å². The van der Waals surface area contributed by atoms with Gasteiger partial charge in [0.1, 0.15) is 0 Å². The first-order chi connectivity index (χ1) is 7.63. The van der Waals surface area contributed by atoms with Gasteiger partial charge in [-0.1, -0.05) is 13.8 Å². The first-order valence-electron chi connectivity index (χ1n) is 6.24. The lowest BCUT2D eigenvalue weighted by Crippen LogP contribution is -2.39. The summed E-state index contributed by atoms with van der Waals surface area (Å²) in [4.78, 5) is 13.8. The van der Waals surface area contributed by atoms with E-state index in [2.05, 4.69) is 13.8 Å². The molecule has 1 amide bonds. The van der Waals surface area contributed by atoms with Crippen LogP contribution in [-0.2, 0) is 4.79 Å². The Labute approximate surface area is 103 Å². The molecule has 16 heavy (non-hydrogen) atoms. The summed E-state index contributed by atoms with van der Waals surface area (Å²) in [6, 6.07) is 0.235. The number of thioether (sulfide) groups is 1. The van der Waals surface area contributed by atoms with Gasteiger partial charge in [-0.25, -0.2) is 0 Å². The number of nitrogens with two attached hydrogens (primary N) is 1. The van der Waals surface area contributed by atoms with Crippen LogP contribution in [0.4, 0.5) is 0 Å². The molecule has 2 N–H and O–H groups in total. The van der Waals surface area contributed by atoms with Crippen molar-refractivity contribution in [3.8, 4) is 0 Å². The molecule has 1 aliphatic rings. The highest BCUT2D eigenvalue weighted by atomic mass is 32.2. The largest absolute Gasteiger partial charge is 0.342 e. The van der Waals surface area contributed by atoms with Crippen molar-refractivity contribution >= 4 is 17.7 Å². The average Bonchev–Trinajstić information content (AvgIpc) is 2.29. The zero-order valence-electron chi connectivity index (χ0n) is 10.4. The molecule has 3 nitrogen and oxygen atoms in total. The minimum Gasteiger partial charge on any atom is -0.342 e. The highest BCUT2D eigenvalue weighted by Crippen LogP contribution is 2.17. The van der Waals surface area contributed by atoms with Crippen LogP contribution in [0.3, 0.4) is 0 Å². The number of piperidine rings is 1. The Balaban J connectivity index is 2.15. The molecule has 0 bridgehead atoms. The quantitative estimate of drug-likeness (QED) is 0.801. The summed E-state index contributed by atoms with van der Waals surface area (Å²) in [5.74, 6) is 2.57. The number of carbonyl (C=O) groups excluding carboxylic acids is 1. The van der Waals surface area contributed by atoms with Gasteiger partial charge in [0.25, 0.3) is 0 Å². The van der Waals surface area contributed by atoms with E-state index in [-0.39, 0.29) is 6.04 Å². The molecule has 1 heterocycles. The molecule has 0 aromatic carbocycles. The van der Waals surface area contributed by atoms with Gasteiger partial charge in [0.2, 0.25) is 5.91 Å². The summed E-state index contributed by atoms with van der Waals surface area (Å²) < 4.78 is 0. The molecule has 0 aromatic heterocycles. The first-order valence-corrected chi connectivity index (χ1v) is 7.40. The Morgan fingerprint density at radius 1 is 1.50 bits per heavy atom. The maximum Gasteiger partial charge on any atom is 0.232 e. The fourth-order valence-corrected chi connectivity index (χ4v) is 2.78. The van der Waals surface area contributed by atoms with Gasteiger partial charge in [-0.15, -0.1) is 0 Å². The van der Waals surface area contributed by atoms with E-state index < -0.39 is 0 Å². The molecule has 1 saturated heterocycles. The van der Waals surface area contributed by atoms with Crippen LogP contribution < -0.4 is 5.73 Å². The number of hydrogen-bond acceptors (Lipinski definition) is 3. The van der Waals surface area contributed by atoms with Crippen LogP contribution in [0.5, 0.6) is 0 Å². The predicted molar refractivity (Wildman–Crippen MR) is 70.6 cm³/mol. The lowest BCUT2D eigenvalue weighted by molar-refractivity contribution is -0.129. The molecule has 4 heteroatoms. The van der Waals surface area contributed by atoms with Gasteiger partial charge < -0.3 is 10.6 Å². The normalized spacial score (nSPS) is 19.8. The Bertz CT molecular complexity index is 215. The molecule has 1 unspecified atom stereocenters. The van der Waals surface area contributed by atoms with E-state index in [9.17, 15) is 4.79 Å². The van der Waals surface area contributed by atoms with E-state index in [1.807, 2.05) is 4.90 Å². The van der Waals surface area contributed by atoms with Gasteiger partial charge in [0, 0.05) is 24.9 Å². The summed E-state index contributed by atoms with van der Waals surface area (Å²) >= 11 is 1.67. The van der Waals surface area contributed by atoms with Crippen molar-refractivity contribution in [1.82, 2.24) is 4.90 Å². The van der Waals surface area contributed by atoms with Gasteiger partial charge in [0.05, 0.1) is 5.75 Å². The van der Waals surface area contributed by atoms with Crippen LogP contribution in [0, 0.1) is 5.92 Å². The van der Waals surface area contributed by atoms with E-state index in [0.29, 0.717) is 11.7 Å². The van der Waals surface area contributed by atoms with Crippen molar-refractivity contribution in [1.29, 1.82) is 0 Å². The third kappa shape index (κ3) is 4.74. The standard InChI is InChI=1S/C12H24N2OS/c1-3-11(13)8-16-9-12(15)14-6-4-10(2)5-7-14/h10-11H,3-9,13H2,1-2H3. The van der Waals surface area contributed by atoms with Crippen molar-refractivity contribution in [3.63, 3.8) is 0 Å². The smallest absolute Gasteiger partial charge is 0.232 e. The van der Waals surface area contributed by atoms with E-state index in [4.69, 9.17) is 5.73 Å². The second-order valence-electron chi connectivity index (χ2n) is 4.75. The summed E-state index contributed by atoms with van der Waals surface area (Å²) in [6.45, 7) is 6.23. The summed E-state index contributed by atoms with van der Waals surface area (Å²) in [5, 5.41) is 0.